The number of rotatable bonds is 7. The van der Waals surface area contributed by atoms with Crippen LogP contribution >= 0.6 is 0 Å². The second kappa shape index (κ2) is 8.32. The molecule has 0 radical (unpaired) electrons. The van der Waals surface area contributed by atoms with Crippen LogP contribution in [0.3, 0.4) is 0 Å². The average molecular weight is 380 g/mol. The second-order valence-electron chi connectivity index (χ2n) is 6.86. The van der Waals surface area contributed by atoms with Gasteiger partial charge >= 0.3 is 11.4 Å². The van der Waals surface area contributed by atoms with Crippen molar-refractivity contribution < 1.29 is 13.6 Å². The van der Waals surface area contributed by atoms with E-state index in [9.17, 15) is 23.2 Å². The highest BCUT2D eigenvalue weighted by Crippen LogP contribution is 2.24. The van der Waals surface area contributed by atoms with E-state index < -0.39 is 17.8 Å². The molecular formula is C18H22F2N4O3. The Bertz CT molecular complexity index is 858. The summed E-state index contributed by atoms with van der Waals surface area (Å²) in [4.78, 5) is 36.9. The van der Waals surface area contributed by atoms with Crippen LogP contribution in [0.25, 0.3) is 0 Å². The molecule has 0 spiro atoms. The van der Waals surface area contributed by atoms with Crippen molar-refractivity contribution in [3.05, 3.63) is 56.4 Å². The molecule has 1 fully saturated rings. The Morgan fingerprint density at radius 1 is 1.15 bits per heavy atom. The maximum atomic E-state index is 12.6. The Morgan fingerprint density at radius 2 is 1.81 bits per heavy atom. The van der Waals surface area contributed by atoms with Crippen molar-refractivity contribution in [2.45, 2.75) is 38.7 Å². The Kier molecular flexibility index (Phi) is 5.88. The van der Waals surface area contributed by atoms with Crippen molar-refractivity contribution in [2.75, 3.05) is 13.1 Å². The average Bonchev–Trinajstić information content (AvgIpc) is 3.23. The maximum absolute atomic E-state index is 12.6. The highest BCUT2D eigenvalue weighted by Gasteiger charge is 2.26. The van der Waals surface area contributed by atoms with E-state index in [1.165, 1.54) is 12.1 Å². The molecule has 3 rings (SSSR count). The number of nitrogens with one attached hydrogen (secondary N) is 2. The molecule has 2 heterocycles. The summed E-state index contributed by atoms with van der Waals surface area (Å²) in [5.41, 5.74) is -0.00908. The van der Waals surface area contributed by atoms with Crippen molar-refractivity contribution in [3.63, 3.8) is 0 Å². The first-order valence-corrected chi connectivity index (χ1v) is 8.96. The summed E-state index contributed by atoms with van der Waals surface area (Å²) in [5, 5.41) is 4.40. The lowest BCUT2D eigenvalue weighted by atomic mass is 9.98. The van der Waals surface area contributed by atoms with E-state index in [1.54, 1.807) is 17.0 Å². The first-order chi connectivity index (χ1) is 12.9. The molecule has 146 valence electrons. The molecule has 0 bridgehead atoms. The van der Waals surface area contributed by atoms with Gasteiger partial charge in [0.1, 0.15) is 0 Å². The molecule has 1 aromatic carbocycles. The van der Waals surface area contributed by atoms with Crippen LogP contribution in [0.4, 0.5) is 8.78 Å². The van der Waals surface area contributed by atoms with Crippen LogP contribution in [0, 0.1) is 5.92 Å². The summed E-state index contributed by atoms with van der Waals surface area (Å²) in [6.45, 7) is 1.50. The van der Waals surface area contributed by atoms with Crippen LogP contribution < -0.4 is 11.4 Å². The summed E-state index contributed by atoms with van der Waals surface area (Å²) in [5.74, 6) is 0.312. The molecule has 1 saturated heterocycles. The first-order valence-electron chi connectivity index (χ1n) is 8.96. The van der Waals surface area contributed by atoms with E-state index >= 15 is 0 Å². The first kappa shape index (κ1) is 19.1. The number of likely N-dealkylation sites (tertiary alicyclic amines) is 1. The van der Waals surface area contributed by atoms with Gasteiger partial charge in [-0.2, -0.15) is 0 Å². The predicted octanol–water partition coefficient (Wildman–Crippen LogP) is 1.67. The Labute approximate surface area is 154 Å². The van der Waals surface area contributed by atoms with Gasteiger partial charge in [0.05, 0.1) is 0 Å². The highest BCUT2D eigenvalue weighted by molar-refractivity contribution is 5.76. The number of carbonyl (C=O) groups excluding carboxylic acids is 1. The van der Waals surface area contributed by atoms with Gasteiger partial charge in [-0.1, -0.05) is 24.3 Å². The number of amides is 1. The standard InChI is InChI=1S/C18H22F2N4O3/c19-16(20)14-5-3-12(4-6-14)10-13-7-9-23(11-13)15(25)2-1-8-24-17(26)21-22-18(24)27/h3-6,13,16H,1-2,7-11H2,(H,21,26)(H,22,27). The zero-order chi connectivity index (χ0) is 19.4. The van der Waals surface area contributed by atoms with E-state index in [2.05, 4.69) is 10.2 Å². The third-order valence-electron chi connectivity index (χ3n) is 4.93. The number of alkyl halides is 2. The molecule has 1 aliphatic rings. The minimum Gasteiger partial charge on any atom is -0.342 e. The second-order valence-corrected chi connectivity index (χ2v) is 6.86. The lowest BCUT2D eigenvalue weighted by Crippen LogP contribution is -2.30. The lowest BCUT2D eigenvalue weighted by molar-refractivity contribution is -0.130. The number of nitrogens with zero attached hydrogens (tertiary/aromatic N) is 2. The molecule has 1 aromatic heterocycles. The van der Waals surface area contributed by atoms with E-state index in [0.29, 0.717) is 25.4 Å². The fourth-order valence-corrected chi connectivity index (χ4v) is 3.44. The molecule has 1 amide bonds. The van der Waals surface area contributed by atoms with Crippen molar-refractivity contribution >= 4 is 5.91 Å². The van der Waals surface area contributed by atoms with E-state index in [-0.39, 0.29) is 24.4 Å². The van der Waals surface area contributed by atoms with E-state index in [0.717, 1.165) is 23.0 Å². The Balaban J connectivity index is 1.45. The van der Waals surface area contributed by atoms with E-state index in [4.69, 9.17) is 0 Å². The van der Waals surface area contributed by atoms with Gasteiger partial charge in [-0.15, -0.1) is 0 Å². The lowest BCUT2D eigenvalue weighted by Gasteiger charge is -2.16. The van der Waals surface area contributed by atoms with Crippen LogP contribution in [0.15, 0.2) is 33.9 Å². The van der Waals surface area contributed by atoms with Crippen LogP contribution in [-0.2, 0) is 17.8 Å². The maximum Gasteiger partial charge on any atom is 0.344 e. The smallest absolute Gasteiger partial charge is 0.342 e. The third kappa shape index (κ3) is 4.72. The van der Waals surface area contributed by atoms with Crippen LogP contribution in [0.2, 0.25) is 0 Å². The summed E-state index contributed by atoms with van der Waals surface area (Å²) in [6, 6.07) is 6.33. The fraction of sp³-hybridized carbons (Fsp3) is 0.500. The number of benzene rings is 1. The molecule has 2 N–H and O–H groups in total. The van der Waals surface area contributed by atoms with Gasteiger partial charge in [0, 0.05) is 31.6 Å². The Hall–Kier alpha value is -2.71. The summed E-state index contributed by atoms with van der Waals surface area (Å²) in [7, 11) is 0. The molecule has 2 aromatic rings. The number of halogens is 2. The van der Waals surface area contributed by atoms with Gasteiger partial charge in [0.25, 0.3) is 6.43 Å². The zero-order valence-corrected chi connectivity index (χ0v) is 14.8. The molecule has 1 unspecified atom stereocenters. The zero-order valence-electron chi connectivity index (χ0n) is 14.8. The molecule has 7 nitrogen and oxygen atoms in total. The summed E-state index contributed by atoms with van der Waals surface area (Å²) in [6.07, 6.45) is -0.153. The van der Waals surface area contributed by atoms with Crippen LogP contribution in [0.5, 0.6) is 0 Å². The quantitative estimate of drug-likeness (QED) is 0.766. The molecule has 0 aliphatic carbocycles. The molecular weight excluding hydrogens is 358 g/mol. The van der Waals surface area contributed by atoms with Gasteiger partial charge < -0.3 is 4.90 Å². The van der Waals surface area contributed by atoms with Gasteiger partial charge in [-0.25, -0.2) is 33.1 Å². The predicted molar refractivity (Wildman–Crippen MR) is 94.7 cm³/mol. The topological polar surface area (TPSA) is 91.0 Å². The minimum atomic E-state index is -2.46. The third-order valence-corrected chi connectivity index (χ3v) is 4.93. The number of H-pyrrole nitrogens is 2. The Morgan fingerprint density at radius 3 is 2.44 bits per heavy atom. The fourth-order valence-electron chi connectivity index (χ4n) is 3.44. The van der Waals surface area contributed by atoms with E-state index in [1.807, 2.05) is 0 Å². The molecule has 1 aliphatic heterocycles. The van der Waals surface area contributed by atoms with Crippen LogP contribution in [-0.4, -0.2) is 38.7 Å². The number of hydrogen-bond donors (Lipinski definition) is 2. The molecule has 27 heavy (non-hydrogen) atoms. The number of aromatic nitrogens is 3. The van der Waals surface area contributed by atoms with Crippen molar-refractivity contribution in [1.29, 1.82) is 0 Å². The normalized spacial score (nSPS) is 17.0. The van der Waals surface area contributed by atoms with Gasteiger partial charge in [-0.3, -0.25) is 4.79 Å². The molecule has 9 heteroatoms. The monoisotopic (exact) mass is 380 g/mol. The van der Waals surface area contributed by atoms with Crippen molar-refractivity contribution in [3.8, 4) is 0 Å². The SMILES string of the molecule is O=C(CCCn1c(=O)[nH][nH]c1=O)N1CCC(Cc2ccc(C(F)F)cc2)C1. The highest BCUT2D eigenvalue weighted by atomic mass is 19.3. The van der Waals surface area contributed by atoms with Crippen molar-refractivity contribution in [2.24, 2.45) is 5.92 Å². The number of aromatic amines is 2. The molecule has 1 atom stereocenters. The van der Waals surface area contributed by atoms with Gasteiger partial charge in [0.2, 0.25) is 5.91 Å². The number of hydrogen-bond acceptors (Lipinski definition) is 3. The summed E-state index contributed by atoms with van der Waals surface area (Å²) >= 11 is 0. The van der Waals surface area contributed by atoms with Gasteiger partial charge in [0.15, 0.2) is 0 Å². The summed E-state index contributed by atoms with van der Waals surface area (Å²) < 4.78 is 26.2. The van der Waals surface area contributed by atoms with Crippen LogP contribution in [0.1, 0.15) is 36.8 Å². The largest absolute Gasteiger partial charge is 0.344 e. The molecule has 0 saturated carbocycles. The minimum absolute atomic E-state index is 0.00515. The van der Waals surface area contributed by atoms with Gasteiger partial charge in [-0.05, 0) is 30.7 Å². The number of carbonyl (C=O) groups is 1. The van der Waals surface area contributed by atoms with Crippen molar-refractivity contribution in [1.82, 2.24) is 19.7 Å².